The van der Waals surface area contributed by atoms with Crippen LogP contribution in [0.5, 0.6) is 0 Å². The van der Waals surface area contributed by atoms with Crippen molar-refractivity contribution in [2.24, 2.45) is 5.84 Å². The first-order chi connectivity index (χ1) is 10.2. The third-order valence-corrected chi connectivity index (χ3v) is 5.30. The first-order valence-electron chi connectivity index (χ1n) is 7.69. The van der Waals surface area contributed by atoms with Crippen molar-refractivity contribution in [3.63, 3.8) is 0 Å². The van der Waals surface area contributed by atoms with Crippen molar-refractivity contribution in [1.82, 2.24) is 5.43 Å². The second-order valence-electron chi connectivity index (χ2n) is 7.27. The van der Waals surface area contributed by atoms with Gasteiger partial charge in [-0.2, -0.15) is 0 Å². The number of carbonyl (C=O) groups excluding carboxylic acids is 1. The number of hydrazine groups is 1. The van der Waals surface area contributed by atoms with Gasteiger partial charge in [0.15, 0.2) is 0 Å². The summed E-state index contributed by atoms with van der Waals surface area (Å²) in [6.07, 6.45) is 1.68. The molecule has 22 heavy (non-hydrogen) atoms. The Morgan fingerprint density at radius 2 is 1.59 bits per heavy atom. The van der Waals surface area contributed by atoms with Crippen LogP contribution in [-0.2, 0) is 19.5 Å². The first-order valence-corrected chi connectivity index (χ1v) is 7.69. The van der Waals surface area contributed by atoms with E-state index in [1.54, 1.807) is 0 Å². The second-order valence-corrected chi connectivity index (χ2v) is 7.27. The molecule has 1 aliphatic heterocycles. The molecule has 1 saturated carbocycles. The van der Waals surface area contributed by atoms with Crippen molar-refractivity contribution in [1.29, 1.82) is 0 Å². The van der Waals surface area contributed by atoms with E-state index in [9.17, 15) is 4.79 Å². The van der Waals surface area contributed by atoms with Crippen LogP contribution in [0.1, 0.15) is 46.1 Å². The Hall–Kier alpha value is -1.37. The molecule has 2 fully saturated rings. The molecule has 3 N–H and O–H groups in total. The number of carbonyl (C=O) groups is 1. The molecule has 118 valence electrons. The first kappa shape index (κ1) is 15.5. The molecule has 6 heteroatoms. The number of nitrogens with one attached hydrogen (secondary N) is 1. The van der Waals surface area contributed by atoms with Crippen LogP contribution in [-0.4, -0.2) is 24.2 Å². The largest absolute Gasteiger partial charge is 0.494 e. The fourth-order valence-corrected chi connectivity index (χ4v) is 2.85. The molecule has 1 amide bonds. The lowest BCUT2D eigenvalue weighted by molar-refractivity contribution is -0.123. The topological polar surface area (TPSA) is 73.6 Å². The molecule has 0 aromatic heterocycles. The van der Waals surface area contributed by atoms with Gasteiger partial charge in [-0.05, 0) is 51.6 Å². The Balaban J connectivity index is 1.81. The molecule has 0 unspecified atom stereocenters. The fraction of sp³-hybridized carbons (Fsp3) is 0.562. The number of rotatable bonds is 3. The van der Waals surface area contributed by atoms with E-state index in [2.05, 4.69) is 5.43 Å². The summed E-state index contributed by atoms with van der Waals surface area (Å²) < 4.78 is 12.1. The van der Waals surface area contributed by atoms with Gasteiger partial charge in [-0.25, -0.2) is 5.84 Å². The lowest BCUT2D eigenvalue weighted by Gasteiger charge is -2.32. The van der Waals surface area contributed by atoms with Gasteiger partial charge in [0.1, 0.15) is 0 Å². The van der Waals surface area contributed by atoms with Crippen LogP contribution < -0.4 is 16.7 Å². The maximum atomic E-state index is 11.9. The van der Waals surface area contributed by atoms with E-state index < -0.39 is 5.41 Å². The summed E-state index contributed by atoms with van der Waals surface area (Å²) >= 11 is 0. The Labute approximate surface area is 131 Å². The standard InChI is InChI=1S/C16H23BN2O3/c1-14(2)15(3,4)22-17(21-14)12-7-5-11(6-8-12)16(9-10-16)13(20)19-18/h5-8H,9-10,18H2,1-4H3,(H,19,20). The minimum Gasteiger partial charge on any atom is -0.399 e. The van der Waals surface area contributed by atoms with Crippen LogP contribution in [0.3, 0.4) is 0 Å². The van der Waals surface area contributed by atoms with Crippen molar-refractivity contribution in [3.05, 3.63) is 29.8 Å². The molecule has 0 radical (unpaired) electrons. The third-order valence-electron chi connectivity index (χ3n) is 5.30. The van der Waals surface area contributed by atoms with Crippen molar-refractivity contribution in [2.45, 2.75) is 57.2 Å². The molecule has 5 nitrogen and oxygen atoms in total. The predicted octanol–water partition coefficient (Wildman–Crippen LogP) is 1.01. The minimum absolute atomic E-state index is 0.115. The van der Waals surface area contributed by atoms with Crippen LogP contribution in [0.2, 0.25) is 0 Å². The average Bonchev–Trinajstić information content (AvgIpc) is 3.23. The lowest BCUT2D eigenvalue weighted by atomic mass is 9.78. The van der Waals surface area contributed by atoms with Gasteiger partial charge >= 0.3 is 7.12 Å². The highest BCUT2D eigenvalue weighted by Gasteiger charge is 2.53. The summed E-state index contributed by atoms with van der Waals surface area (Å²) in [4.78, 5) is 11.9. The van der Waals surface area contributed by atoms with Gasteiger partial charge < -0.3 is 9.31 Å². The van der Waals surface area contributed by atoms with E-state index in [1.165, 1.54) is 0 Å². The van der Waals surface area contributed by atoms with Crippen LogP contribution in [0, 0.1) is 0 Å². The maximum absolute atomic E-state index is 11.9. The maximum Gasteiger partial charge on any atom is 0.494 e. The number of hydrogen-bond donors (Lipinski definition) is 2. The summed E-state index contributed by atoms with van der Waals surface area (Å²) in [7, 11) is -0.377. The van der Waals surface area contributed by atoms with Gasteiger partial charge in [-0.1, -0.05) is 24.3 Å². The Morgan fingerprint density at radius 1 is 1.09 bits per heavy atom. The van der Waals surface area contributed by atoms with E-state index in [0.717, 1.165) is 23.9 Å². The Bertz CT molecular complexity index is 578. The average molecular weight is 302 g/mol. The minimum atomic E-state index is -0.441. The molecular formula is C16H23BN2O3. The molecule has 1 aromatic carbocycles. The monoisotopic (exact) mass is 302 g/mol. The zero-order chi connectivity index (χ0) is 16.2. The molecule has 0 atom stereocenters. The highest BCUT2D eigenvalue weighted by molar-refractivity contribution is 6.62. The van der Waals surface area contributed by atoms with Crippen LogP contribution in [0.15, 0.2) is 24.3 Å². The van der Waals surface area contributed by atoms with Gasteiger partial charge in [-0.3, -0.25) is 10.2 Å². The number of amides is 1. The van der Waals surface area contributed by atoms with Crippen molar-refractivity contribution in [2.75, 3.05) is 0 Å². The highest BCUT2D eigenvalue weighted by Crippen LogP contribution is 2.48. The Morgan fingerprint density at radius 3 is 2.00 bits per heavy atom. The number of hydrogen-bond acceptors (Lipinski definition) is 4. The zero-order valence-electron chi connectivity index (χ0n) is 13.6. The molecule has 1 aromatic rings. The molecule has 1 heterocycles. The fourth-order valence-electron chi connectivity index (χ4n) is 2.85. The SMILES string of the molecule is CC1(C)OB(c2ccc(C3(C(=O)NN)CC3)cc2)OC1(C)C. The molecule has 1 saturated heterocycles. The third kappa shape index (κ3) is 2.26. The zero-order valence-corrected chi connectivity index (χ0v) is 13.6. The Kier molecular flexibility index (Phi) is 3.40. The molecule has 0 spiro atoms. The summed E-state index contributed by atoms with van der Waals surface area (Å²) in [6, 6.07) is 7.90. The number of nitrogens with two attached hydrogens (primary N) is 1. The summed E-state index contributed by atoms with van der Waals surface area (Å²) in [5, 5.41) is 0. The lowest BCUT2D eigenvalue weighted by Crippen LogP contribution is -2.41. The summed E-state index contributed by atoms with van der Waals surface area (Å²) in [5.74, 6) is 5.17. The molecular weight excluding hydrogens is 279 g/mol. The summed E-state index contributed by atoms with van der Waals surface area (Å²) in [5.41, 5.74) is 3.08. The van der Waals surface area contributed by atoms with Crippen molar-refractivity contribution < 1.29 is 14.1 Å². The van der Waals surface area contributed by atoms with Crippen LogP contribution in [0.4, 0.5) is 0 Å². The van der Waals surface area contributed by atoms with Gasteiger partial charge in [0.2, 0.25) is 5.91 Å². The van der Waals surface area contributed by atoms with Crippen molar-refractivity contribution in [3.8, 4) is 0 Å². The van der Waals surface area contributed by atoms with E-state index >= 15 is 0 Å². The molecule has 2 aliphatic rings. The normalized spacial score (nSPS) is 24.1. The highest BCUT2D eigenvalue weighted by atomic mass is 16.7. The van der Waals surface area contributed by atoms with Gasteiger partial charge in [0.25, 0.3) is 0 Å². The number of benzene rings is 1. The second kappa shape index (κ2) is 4.81. The van der Waals surface area contributed by atoms with Crippen LogP contribution in [0.25, 0.3) is 0 Å². The van der Waals surface area contributed by atoms with Crippen LogP contribution >= 0.6 is 0 Å². The quantitative estimate of drug-likeness (QED) is 0.378. The molecule has 1 aliphatic carbocycles. The van der Waals surface area contributed by atoms with Crippen molar-refractivity contribution >= 4 is 18.5 Å². The van der Waals surface area contributed by atoms with Gasteiger partial charge in [0.05, 0.1) is 16.6 Å². The molecule has 0 bridgehead atoms. The molecule has 3 rings (SSSR count). The van der Waals surface area contributed by atoms with E-state index in [1.807, 2.05) is 52.0 Å². The summed E-state index contributed by atoms with van der Waals surface area (Å²) in [6.45, 7) is 8.14. The van der Waals surface area contributed by atoms with Gasteiger partial charge in [-0.15, -0.1) is 0 Å². The smallest absolute Gasteiger partial charge is 0.399 e. The van der Waals surface area contributed by atoms with E-state index in [-0.39, 0.29) is 24.2 Å². The van der Waals surface area contributed by atoms with Gasteiger partial charge in [0, 0.05) is 0 Å². The van der Waals surface area contributed by atoms with E-state index in [4.69, 9.17) is 15.2 Å². The predicted molar refractivity (Wildman–Crippen MR) is 85.4 cm³/mol. The van der Waals surface area contributed by atoms with E-state index in [0.29, 0.717) is 0 Å².